The van der Waals surface area contributed by atoms with Crippen molar-refractivity contribution in [2.24, 2.45) is 0 Å². The van der Waals surface area contributed by atoms with E-state index in [1.165, 1.54) is 6.07 Å². The standard InChI is InChI=1S/C21H17FN4O/c1-26(13-17-9-10-24-25-17)21(27)15-7-5-14(6-8-15)16-11-18-19(22)3-2-4-20(18)23-12-16/h2-12H,13H2,1H3,(H,24,25). The predicted octanol–water partition coefficient (Wildman–Crippen LogP) is 4.04. The van der Waals surface area contributed by atoms with Crippen LogP contribution in [-0.2, 0) is 6.54 Å². The molecule has 27 heavy (non-hydrogen) atoms. The molecule has 0 saturated heterocycles. The Bertz CT molecular complexity index is 1090. The van der Waals surface area contributed by atoms with E-state index in [1.807, 2.05) is 18.2 Å². The highest BCUT2D eigenvalue weighted by Crippen LogP contribution is 2.25. The van der Waals surface area contributed by atoms with Crippen molar-refractivity contribution in [1.29, 1.82) is 0 Å². The highest BCUT2D eigenvalue weighted by molar-refractivity contribution is 5.94. The molecule has 1 N–H and O–H groups in total. The molecule has 4 rings (SSSR count). The van der Waals surface area contributed by atoms with Crippen molar-refractivity contribution < 1.29 is 9.18 Å². The largest absolute Gasteiger partial charge is 0.336 e. The first-order valence-electron chi connectivity index (χ1n) is 8.50. The molecule has 4 aromatic rings. The maximum Gasteiger partial charge on any atom is 0.253 e. The van der Waals surface area contributed by atoms with E-state index < -0.39 is 0 Å². The number of halogens is 1. The summed E-state index contributed by atoms with van der Waals surface area (Å²) in [6.45, 7) is 0.453. The van der Waals surface area contributed by atoms with Crippen LogP contribution in [-0.4, -0.2) is 33.0 Å². The van der Waals surface area contributed by atoms with Gasteiger partial charge < -0.3 is 4.90 Å². The Hall–Kier alpha value is -3.54. The number of carbonyl (C=O) groups is 1. The number of nitrogens with one attached hydrogen (secondary N) is 1. The second kappa shape index (κ2) is 6.99. The van der Waals surface area contributed by atoms with Gasteiger partial charge in [-0.2, -0.15) is 5.10 Å². The number of benzene rings is 2. The van der Waals surface area contributed by atoms with Crippen LogP contribution >= 0.6 is 0 Å². The number of H-pyrrole nitrogens is 1. The summed E-state index contributed by atoms with van der Waals surface area (Å²) in [5, 5.41) is 7.21. The monoisotopic (exact) mass is 360 g/mol. The van der Waals surface area contributed by atoms with Gasteiger partial charge in [-0.05, 0) is 42.0 Å². The predicted molar refractivity (Wildman–Crippen MR) is 102 cm³/mol. The van der Waals surface area contributed by atoms with Crippen molar-refractivity contribution in [1.82, 2.24) is 20.1 Å². The minimum atomic E-state index is -0.297. The van der Waals surface area contributed by atoms with Gasteiger partial charge in [-0.15, -0.1) is 0 Å². The Morgan fingerprint density at radius 1 is 1.11 bits per heavy atom. The molecular formula is C21H17FN4O. The summed E-state index contributed by atoms with van der Waals surface area (Å²) >= 11 is 0. The molecule has 0 aliphatic heterocycles. The normalized spacial score (nSPS) is 10.9. The molecule has 5 nitrogen and oxygen atoms in total. The Kier molecular flexibility index (Phi) is 4.38. The first kappa shape index (κ1) is 16.9. The van der Waals surface area contributed by atoms with E-state index >= 15 is 0 Å². The maximum atomic E-state index is 14.0. The van der Waals surface area contributed by atoms with Crippen molar-refractivity contribution in [3.05, 3.63) is 84.1 Å². The van der Waals surface area contributed by atoms with E-state index in [2.05, 4.69) is 15.2 Å². The van der Waals surface area contributed by atoms with E-state index in [1.54, 1.807) is 54.7 Å². The van der Waals surface area contributed by atoms with E-state index in [-0.39, 0.29) is 11.7 Å². The van der Waals surface area contributed by atoms with E-state index in [0.717, 1.165) is 16.8 Å². The maximum absolute atomic E-state index is 14.0. The van der Waals surface area contributed by atoms with Crippen molar-refractivity contribution in [2.75, 3.05) is 7.05 Å². The summed E-state index contributed by atoms with van der Waals surface area (Å²) < 4.78 is 14.0. The zero-order valence-corrected chi connectivity index (χ0v) is 14.7. The molecule has 2 heterocycles. The number of pyridine rings is 1. The number of rotatable bonds is 4. The average Bonchev–Trinajstić information content (AvgIpc) is 3.21. The molecule has 0 atom stereocenters. The fourth-order valence-electron chi connectivity index (χ4n) is 3.00. The summed E-state index contributed by atoms with van der Waals surface area (Å²) in [5.41, 5.74) is 3.75. The second-order valence-corrected chi connectivity index (χ2v) is 6.35. The summed E-state index contributed by atoms with van der Waals surface area (Å²) in [7, 11) is 1.74. The van der Waals surface area contributed by atoms with Gasteiger partial charge >= 0.3 is 0 Å². The van der Waals surface area contributed by atoms with Gasteiger partial charge in [0.2, 0.25) is 0 Å². The summed E-state index contributed by atoms with van der Waals surface area (Å²) in [4.78, 5) is 18.5. The summed E-state index contributed by atoms with van der Waals surface area (Å²) in [6, 6.07) is 15.7. The van der Waals surface area contributed by atoms with Crippen LogP contribution in [0.3, 0.4) is 0 Å². The lowest BCUT2D eigenvalue weighted by Gasteiger charge is -2.16. The van der Waals surface area contributed by atoms with Crippen molar-refractivity contribution in [3.8, 4) is 11.1 Å². The van der Waals surface area contributed by atoms with Crippen molar-refractivity contribution >= 4 is 16.8 Å². The van der Waals surface area contributed by atoms with Gasteiger partial charge in [0.15, 0.2) is 0 Å². The molecule has 0 unspecified atom stereocenters. The van der Waals surface area contributed by atoms with Crippen molar-refractivity contribution in [2.45, 2.75) is 6.54 Å². The minimum Gasteiger partial charge on any atom is -0.336 e. The van der Waals surface area contributed by atoms with Crippen LogP contribution < -0.4 is 0 Å². The Labute approximate surface area is 155 Å². The summed E-state index contributed by atoms with van der Waals surface area (Å²) in [5.74, 6) is -0.382. The minimum absolute atomic E-state index is 0.0844. The second-order valence-electron chi connectivity index (χ2n) is 6.35. The van der Waals surface area contributed by atoms with Gasteiger partial charge in [0.05, 0.1) is 17.8 Å². The van der Waals surface area contributed by atoms with E-state index in [0.29, 0.717) is 23.0 Å². The quantitative estimate of drug-likeness (QED) is 0.597. The third-order valence-electron chi connectivity index (χ3n) is 4.45. The number of aromatic nitrogens is 3. The van der Waals surface area contributed by atoms with Gasteiger partial charge in [0.1, 0.15) is 5.82 Å². The Morgan fingerprint density at radius 2 is 1.93 bits per heavy atom. The lowest BCUT2D eigenvalue weighted by Crippen LogP contribution is -2.26. The highest BCUT2D eigenvalue weighted by Gasteiger charge is 2.13. The smallest absolute Gasteiger partial charge is 0.253 e. The SMILES string of the molecule is CN(Cc1ccn[nH]1)C(=O)c1ccc(-c2cnc3cccc(F)c3c2)cc1. The lowest BCUT2D eigenvalue weighted by molar-refractivity contribution is 0.0783. The number of hydrogen-bond acceptors (Lipinski definition) is 3. The third kappa shape index (κ3) is 3.42. The van der Waals surface area contributed by atoms with Crippen LogP contribution in [0, 0.1) is 5.82 Å². The molecule has 0 radical (unpaired) electrons. The topological polar surface area (TPSA) is 61.9 Å². The lowest BCUT2D eigenvalue weighted by atomic mass is 10.0. The fourth-order valence-corrected chi connectivity index (χ4v) is 3.00. The molecule has 1 amide bonds. The number of aromatic amines is 1. The first-order valence-corrected chi connectivity index (χ1v) is 8.50. The molecule has 6 heteroatoms. The number of amides is 1. The molecule has 0 aliphatic carbocycles. The molecular weight excluding hydrogens is 343 g/mol. The van der Waals surface area contributed by atoms with Gasteiger partial charge in [-0.3, -0.25) is 14.9 Å². The Balaban J connectivity index is 1.57. The number of hydrogen-bond donors (Lipinski definition) is 1. The zero-order chi connectivity index (χ0) is 18.8. The zero-order valence-electron chi connectivity index (χ0n) is 14.7. The van der Waals surface area contributed by atoms with Crippen LogP contribution in [0.1, 0.15) is 16.1 Å². The van der Waals surface area contributed by atoms with Gasteiger partial charge in [-0.25, -0.2) is 4.39 Å². The van der Waals surface area contributed by atoms with E-state index in [9.17, 15) is 9.18 Å². The van der Waals surface area contributed by atoms with Crippen molar-refractivity contribution in [3.63, 3.8) is 0 Å². The first-order chi connectivity index (χ1) is 13.1. The third-order valence-corrected chi connectivity index (χ3v) is 4.45. The fraction of sp³-hybridized carbons (Fsp3) is 0.0952. The van der Waals surface area contributed by atoms with Crippen LogP contribution in [0.25, 0.3) is 22.0 Å². The molecule has 0 aliphatic rings. The number of nitrogens with zero attached hydrogens (tertiary/aromatic N) is 3. The van der Waals surface area contributed by atoms with Crippen LogP contribution in [0.2, 0.25) is 0 Å². The van der Waals surface area contributed by atoms with Gasteiger partial charge in [0, 0.05) is 36.0 Å². The van der Waals surface area contributed by atoms with Crippen LogP contribution in [0.5, 0.6) is 0 Å². The average molecular weight is 360 g/mol. The van der Waals surface area contributed by atoms with Gasteiger partial charge in [-0.1, -0.05) is 18.2 Å². The number of carbonyl (C=O) groups excluding carboxylic acids is 1. The van der Waals surface area contributed by atoms with E-state index in [4.69, 9.17) is 0 Å². The molecule has 134 valence electrons. The molecule has 0 spiro atoms. The molecule has 0 saturated carbocycles. The molecule has 0 fully saturated rings. The molecule has 2 aromatic heterocycles. The van der Waals surface area contributed by atoms with Gasteiger partial charge in [0.25, 0.3) is 5.91 Å². The molecule has 2 aromatic carbocycles. The highest BCUT2D eigenvalue weighted by atomic mass is 19.1. The Morgan fingerprint density at radius 3 is 2.67 bits per heavy atom. The summed E-state index contributed by atoms with van der Waals surface area (Å²) in [6.07, 6.45) is 3.37. The van der Waals surface area contributed by atoms with Crippen LogP contribution in [0.4, 0.5) is 4.39 Å². The van der Waals surface area contributed by atoms with Crippen LogP contribution in [0.15, 0.2) is 67.0 Å². The number of fused-ring (bicyclic) bond motifs is 1. The molecule has 0 bridgehead atoms.